The van der Waals surface area contributed by atoms with Gasteiger partial charge in [0, 0.05) is 0 Å². The van der Waals surface area contributed by atoms with Crippen LogP contribution in [0.2, 0.25) is 0 Å². The average molecular weight is 410 g/mol. The summed E-state index contributed by atoms with van der Waals surface area (Å²) >= 11 is 0. The number of hydrogen-bond acceptors (Lipinski definition) is 4. The molecule has 2 aromatic carbocycles. The topological polar surface area (TPSA) is 74.8 Å². The molecule has 0 N–H and O–H groups in total. The van der Waals surface area contributed by atoms with Crippen molar-refractivity contribution < 1.29 is 28.0 Å². The highest BCUT2D eigenvalue weighted by Gasteiger charge is 2.44. The number of imide groups is 2. The van der Waals surface area contributed by atoms with E-state index in [2.05, 4.69) is 6.58 Å². The third kappa shape index (κ3) is 3.01. The Morgan fingerprint density at radius 1 is 0.767 bits per heavy atom. The van der Waals surface area contributed by atoms with Gasteiger partial charge in [0.1, 0.15) is 6.04 Å². The molecule has 6 nitrogen and oxygen atoms in total. The van der Waals surface area contributed by atoms with Crippen molar-refractivity contribution in [3.8, 4) is 0 Å². The van der Waals surface area contributed by atoms with E-state index in [1.807, 2.05) is 0 Å². The SMILES string of the molecule is C=C(CC(C(F)F)N1C(=O)c2ccccc2C1=O)CN1C(=O)c2ccccc2C1=O. The van der Waals surface area contributed by atoms with Crippen molar-refractivity contribution in [3.05, 3.63) is 82.9 Å². The maximum absolute atomic E-state index is 13.8. The molecule has 2 aliphatic rings. The Morgan fingerprint density at radius 3 is 1.57 bits per heavy atom. The molecule has 0 bridgehead atoms. The zero-order valence-corrected chi connectivity index (χ0v) is 15.7. The molecule has 0 saturated carbocycles. The average Bonchev–Trinajstić information content (AvgIpc) is 3.12. The number of carbonyl (C=O) groups is 4. The Bertz CT molecular complexity index is 1040. The Kier molecular flexibility index (Phi) is 4.77. The van der Waals surface area contributed by atoms with Crippen LogP contribution >= 0.6 is 0 Å². The summed E-state index contributed by atoms with van der Waals surface area (Å²) in [6.07, 6.45) is -3.46. The van der Waals surface area contributed by atoms with Crippen molar-refractivity contribution in [3.63, 3.8) is 0 Å². The Hall–Kier alpha value is -3.68. The minimum absolute atomic E-state index is 0.0686. The molecule has 0 spiro atoms. The summed E-state index contributed by atoms with van der Waals surface area (Å²) in [5.74, 6) is -2.67. The third-order valence-electron chi connectivity index (χ3n) is 5.21. The number of carbonyl (C=O) groups excluding carboxylic acids is 4. The van der Waals surface area contributed by atoms with E-state index in [0.717, 1.165) is 4.90 Å². The second-order valence-electron chi connectivity index (χ2n) is 7.12. The monoisotopic (exact) mass is 410 g/mol. The predicted molar refractivity (Wildman–Crippen MR) is 102 cm³/mol. The summed E-state index contributed by atoms with van der Waals surface area (Å²) in [7, 11) is 0. The number of rotatable bonds is 6. The highest BCUT2D eigenvalue weighted by atomic mass is 19.3. The minimum atomic E-state index is -3.02. The van der Waals surface area contributed by atoms with E-state index in [0.29, 0.717) is 4.90 Å². The van der Waals surface area contributed by atoms with Crippen LogP contribution in [0.15, 0.2) is 60.7 Å². The second kappa shape index (κ2) is 7.29. The lowest BCUT2D eigenvalue weighted by atomic mass is 10.1. The summed E-state index contributed by atoms with van der Waals surface area (Å²) in [4.78, 5) is 51.5. The van der Waals surface area contributed by atoms with Crippen molar-refractivity contribution in [1.29, 1.82) is 0 Å². The number of amides is 4. The van der Waals surface area contributed by atoms with Crippen LogP contribution in [-0.4, -0.2) is 52.4 Å². The van der Waals surface area contributed by atoms with Gasteiger partial charge >= 0.3 is 0 Å². The van der Waals surface area contributed by atoms with Gasteiger partial charge in [-0.15, -0.1) is 0 Å². The van der Waals surface area contributed by atoms with E-state index in [1.54, 1.807) is 24.3 Å². The van der Waals surface area contributed by atoms with Crippen LogP contribution < -0.4 is 0 Å². The molecule has 152 valence electrons. The van der Waals surface area contributed by atoms with Crippen LogP contribution in [0.5, 0.6) is 0 Å². The van der Waals surface area contributed by atoms with E-state index in [9.17, 15) is 28.0 Å². The third-order valence-corrected chi connectivity index (χ3v) is 5.21. The van der Waals surface area contributed by atoms with E-state index in [1.165, 1.54) is 24.3 Å². The number of benzene rings is 2. The van der Waals surface area contributed by atoms with Crippen LogP contribution in [0.4, 0.5) is 8.78 Å². The Balaban J connectivity index is 1.52. The summed E-state index contributed by atoms with van der Waals surface area (Å²) < 4.78 is 27.7. The van der Waals surface area contributed by atoms with Crippen molar-refractivity contribution in [2.24, 2.45) is 0 Å². The Labute approximate surface area is 170 Å². The number of halogens is 2. The molecule has 1 unspecified atom stereocenters. The van der Waals surface area contributed by atoms with Gasteiger partial charge < -0.3 is 0 Å². The van der Waals surface area contributed by atoms with Crippen LogP contribution in [0, 0.1) is 0 Å². The molecular formula is C22H16F2N2O4. The van der Waals surface area contributed by atoms with E-state index < -0.39 is 42.5 Å². The maximum Gasteiger partial charge on any atom is 0.262 e. The van der Waals surface area contributed by atoms with Crippen LogP contribution in [-0.2, 0) is 0 Å². The smallest absolute Gasteiger partial charge is 0.262 e. The summed E-state index contributed by atoms with van der Waals surface area (Å²) in [5, 5.41) is 0. The van der Waals surface area contributed by atoms with Crippen LogP contribution in [0.1, 0.15) is 47.9 Å². The molecular weight excluding hydrogens is 394 g/mol. The van der Waals surface area contributed by atoms with E-state index in [-0.39, 0.29) is 34.4 Å². The zero-order chi connectivity index (χ0) is 21.6. The molecule has 1 atom stereocenters. The first kappa shape index (κ1) is 19.6. The first-order valence-electron chi connectivity index (χ1n) is 9.18. The maximum atomic E-state index is 13.8. The summed E-state index contributed by atoms with van der Waals surface area (Å²) in [6, 6.07) is 10.4. The summed E-state index contributed by atoms with van der Waals surface area (Å²) in [5.41, 5.74) is 0.742. The lowest BCUT2D eigenvalue weighted by Gasteiger charge is -2.27. The fourth-order valence-corrected chi connectivity index (χ4v) is 3.77. The van der Waals surface area contributed by atoms with Crippen molar-refractivity contribution in [2.45, 2.75) is 18.9 Å². The number of fused-ring (bicyclic) bond motifs is 2. The molecule has 2 aromatic rings. The van der Waals surface area contributed by atoms with Crippen molar-refractivity contribution in [2.75, 3.05) is 6.54 Å². The number of hydrogen-bond donors (Lipinski definition) is 0. The molecule has 8 heteroatoms. The van der Waals surface area contributed by atoms with Gasteiger partial charge in [-0.2, -0.15) is 0 Å². The highest BCUT2D eigenvalue weighted by Crippen LogP contribution is 2.30. The molecule has 2 aliphatic heterocycles. The lowest BCUT2D eigenvalue weighted by Crippen LogP contribution is -2.45. The van der Waals surface area contributed by atoms with Gasteiger partial charge in [0.2, 0.25) is 0 Å². The second-order valence-corrected chi connectivity index (χ2v) is 7.12. The fraction of sp³-hybridized carbons (Fsp3) is 0.182. The molecule has 0 aliphatic carbocycles. The van der Waals surface area contributed by atoms with Gasteiger partial charge in [-0.3, -0.25) is 29.0 Å². The zero-order valence-electron chi connectivity index (χ0n) is 15.7. The van der Waals surface area contributed by atoms with Crippen LogP contribution in [0.3, 0.4) is 0 Å². The van der Waals surface area contributed by atoms with Crippen LogP contribution in [0.25, 0.3) is 0 Å². The Morgan fingerprint density at radius 2 is 1.17 bits per heavy atom. The van der Waals surface area contributed by atoms with E-state index >= 15 is 0 Å². The van der Waals surface area contributed by atoms with Gasteiger partial charge in [-0.25, -0.2) is 8.78 Å². The minimum Gasteiger partial charge on any atom is -0.270 e. The van der Waals surface area contributed by atoms with E-state index in [4.69, 9.17) is 0 Å². The van der Waals surface area contributed by atoms with Gasteiger partial charge in [-0.1, -0.05) is 36.4 Å². The molecule has 2 heterocycles. The number of alkyl halides is 2. The molecule has 0 radical (unpaired) electrons. The summed E-state index contributed by atoms with van der Waals surface area (Å²) in [6.45, 7) is 3.43. The standard InChI is InChI=1S/C22H16F2N2O4/c1-12(11-25-19(27)13-6-2-3-7-14(13)20(25)28)10-17(18(23)24)26-21(29)15-8-4-5-9-16(15)22(26)30/h2-9,17-18H,1,10-11H2. The molecule has 4 rings (SSSR count). The first-order chi connectivity index (χ1) is 14.3. The highest BCUT2D eigenvalue weighted by molar-refractivity contribution is 6.22. The quantitative estimate of drug-likeness (QED) is 0.542. The predicted octanol–water partition coefficient (Wildman–Crippen LogP) is 3.16. The van der Waals surface area contributed by atoms with Crippen molar-refractivity contribution in [1.82, 2.24) is 9.80 Å². The normalized spacial score (nSPS) is 16.4. The van der Waals surface area contributed by atoms with Gasteiger partial charge in [-0.05, 0) is 30.7 Å². The number of nitrogens with zero attached hydrogens (tertiary/aromatic N) is 2. The molecule has 30 heavy (non-hydrogen) atoms. The molecule has 0 fully saturated rings. The first-order valence-corrected chi connectivity index (χ1v) is 9.18. The molecule has 4 amide bonds. The van der Waals surface area contributed by atoms with Gasteiger partial charge in [0.25, 0.3) is 30.1 Å². The molecule has 0 aromatic heterocycles. The fourth-order valence-electron chi connectivity index (χ4n) is 3.77. The van der Waals surface area contributed by atoms with Gasteiger partial charge in [0.05, 0.1) is 28.8 Å². The molecule has 0 saturated heterocycles. The van der Waals surface area contributed by atoms with Gasteiger partial charge in [0.15, 0.2) is 0 Å². The van der Waals surface area contributed by atoms with Crippen molar-refractivity contribution >= 4 is 23.6 Å². The lowest BCUT2D eigenvalue weighted by molar-refractivity contribution is 0.0225. The largest absolute Gasteiger partial charge is 0.270 e.